The maximum absolute atomic E-state index is 7.26. The van der Waals surface area contributed by atoms with E-state index in [1.165, 1.54) is 12.1 Å². The summed E-state index contributed by atoms with van der Waals surface area (Å²) < 4.78 is 0. The van der Waals surface area contributed by atoms with E-state index in [1.54, 1.807) is 0 Å². The van der Waals surface area contributed by atoms with E-state index in [9.17, 15) is 0 Å². The van der Waals surface area contributed by atoms with Crippen LogP contribution in [0.15, 0.2) is 0 Å². The fraction of sp³-hybridized carbons (Fsp3) is 0. The van der Waals surface area contributed by atoms with Gasteiger partial charge in [-0.2, -0.15) is 24.0 Å². The van der Waals surface area contributed by atoms with Crippen molar-refractivity contribution < 1.29 is 16.8 Å². The Morgan fingerprint density at radius 1 is 1.00 bits per heavy atom. The second-order valence-electron chi connectivity index (χ2n) is 0.224. The molecule has 0 aromatic carbocycles. The molecular formula is C2H2CoN2S. The van der Waals surface area contributed by atoms with Gasteiger partial charge in [0.25, 0.3) is 0 Å². The van der Waals surface area contributed by atoms with Crippen molar-refractivity contribution >= 4 is 13.5 Å². The van der Waals surface area contributed by atoms with Crippen LogP contribution < -0.4 is 0 Å². The molecule has 1 radical (unpaired) electrons. The summed E-state index contributed by atoms with van der Waals surface area (Å²) in [6.45, 7) is 0. The fourth-order valence-electron chi connectivity index (χ4n) is 0. The monoisotopic (exact) mass is 145 g/mol. The summed E-state index contributed by atoms with van der Waals surface area (Å²) in [7, 11) is 0. The van der Waals surface area contributed by atoms with Gasteiger partial charge in [0.15, 0.2) is 12.1 Å². The van der Waals surface area contributed by atoms with E-state index in [-0.39, 0.29) is 30.3 Å². The number of rotatable bonds is 0. The predicted molar refractivity (Wildman–Crippen MR) is 21.6 cm³/mol. The molecule has 0 saturated carbocycles. The second-order valence-corrected chi connectivity index (χ2v) is 0.224. The van der Waals surface area contributed by atoms with Gasteiger partial charge in [-0.05, 0) is 0 Å². The summed E-state index contributed by atoms with van der Waals surface area (Å²) in [5.41, 5.74) is 0. The Bertz CT molecular complexity index is 66.5. The average Bonchev–Trinajstić information content (AvgIpc) is 1.37. The van der Waals surface area contributed by atoms with Gasteiger partial charge in [-0.3, -0.25) is 0 Å². The van der Waals surface area contributed by atoms with Gasteiger partial charge in [0.05, 0.1) is 0 Å². The Balaban J connectivity index is -0.0000000450. The van der Waals surface area contributed by atoms with E-state index in [1.807, 2.05) is 0 Å². The smallest absolute Gasteiger partial charge is 0.181 e. The van der Waals surface area contributed by atoms with Crippen molar-refractivity contribution in [3.63, 3.8) is 0 Å². The van der Waals surface area contributed by atoms with Gasteiger partial charge in [0.1, 0.15) is 0 Å². The molecule has 0 N–H and O–H groups in total. The number of nitrogens with zero attached hydrogens (tertiary/aromatic N) is 2. The SMILES string of the molecule is N#CC#N.S.[Co]. The van der Waals surface area contributed by atoms with Gasteiger partial charge < -0.3 is 0 Å². The van der Waals surface area contributed by atoms with E-state index < -0.39 is 0 Å². The van der Waals surface area contributed by atoms with E-state index in [4.69, 9.17) is 10.5 Å². The summed E-state index contributed by atoms with van der Waals surface area (Å²) in [6, 6.07) is 2.47. The van der Waals surface area contributed by atoms with Crippen molar-refractivity contribution in [3.05, 3.63) is 0 Å². The van der Waals surface area contributed by atoms with Crippen LogP contribution in [0, 0.1) is 22.7 Å². The van der Waals surface area contributed by atoms with Crippen LogP contribution in [0.25, 0.3) is 0 Å². The maximum Gasteiger partial charge on any atom is 0.181 e. The molecule has 0 aromatic rings. The van der Waals surface area contributed by atoms with Crippen molar-refractivity contribution in [2.45, 2.75) is 0 Å². The Labute approximate surface area is 53.4 Å². The molecule has 0 aromatic heterocycles. The van der Waals surface area contributed by atoms with Gasteiger partial charge >= 0.3 is 0 Å². The summed E-state index contributed by atoms with van der Waals surface area (Å²) in [5, 5.41) is 14.5. The normalized spacial score (nSPS) is 1.67. The molecule has 0 spiro atoms. The van der Waals surface area contributed by atoms with Crippen LogP contribution >= 0.6 is 13.5 Å². The number of hydrogen-bond donors (Lipinski definition) is 0. The predicted octanol–water partition coefficient (Wildman–Crippen LogP) is 0.144. The number of hydrogen-bond acceptors (Lipinski definition) is 2. The molecule has 0 saturated heterocycles. The van der Waals surface area contributed by atoms with E-state index in [0.29, 0.717) is 0 Å². The minimum Gasteiger partial charge on any atom is -0.197 e. The van der Waals surface area contributed by atoms with Crippen LogP contribution in [-0.2, 0) is 16.8 Å². The molecule has 0 atom stereocenters. The first-order valence-corrected chi connectivity index (χ1v) is 0.697. The van der Waals surface area contributed by atoms with Crippen molar-refractivity contribution in [1.82, 2.24) is 0 Å². The third-order valence-electron chi connectivity index (χ3n) is 0.0500. The van der Waals surface area contributed by atoms with Crippen molar-refractivity contribution in [2.75, 3.05) is 0 Å². The minimum atomic E-state index is 0. The third-order valence-corrected chi connectivity index (χ3v) is 0.0500. The summed E-state index contributed by atoms with van der Waals surface area (Å²) in [6.07, 6.45) is 0. The maximum atomic E-state index is 7.26. The Morgan fingerprint density at radius 2 is 1.17 bits per heavy atom. The van der Waals surface area contributed by atoms with Crippen LogP contribution in [0.1, 0.15) is 0 Å². The number of nitriles is 2. The van der Waals surface area contributed by atoms with Gasteiger partial charge in [-0.15, -0.1) is 0 Å². The first-order chi connectivity index (χ1) is 1.91. The molecule has 0 aliphatic carbocycles. The molecule has 0 bridgehead atoms. The molecule has 0 unspecified atom stereocenters. The zero-order chi connectivity index (χ0) is 3.41. The zero-order valence-corrected chi connectivity index (χ0v) is 4.77. The molecule has 6 heavy (non-hydrogen) atoms. The quantitative estimate of drug-likeness (QED) is 0.486. The van der Waals surface area contributed by atoms with Gasteiger partial charge in [-0.25, -0.2) is 0 Å². The fourth-order valence-corrected chi connectivity index (χ4v) is 0. The molecule has 0 aliphatic heterocycles. The van der Waals surface area contributed by atoms with Gasteiger partial charge in [0.2, 0.25) is 0 Å². The molecule has 2 nitrogen and oxygen atoms in total. The summed E-state index contributed by atoms with van der Waals surface area (Å²) >= 11 is 0. The summed E-state index contributed by atoms with van der Waals surface area (Å²) in [5.74, 6) is 0. The van der Waals surface area contributed by atoms with Crippen molar-refractivity contribution in [3.8, 4) is 12.1 Å². The van der Waals surface area contributed by atoms with Crippen LogP contribution in [0.3, 0.4) is 0 Å². The average molecular weight is 145 g/mol. The van der Waals surface area contributed by atoms with Gasteiger partial charge in [0, 0.05) is 16.8 Å². The molecule has 0 fully saturated rings. The summed E-state index contributed by atoms with van der Waals surface area (Å²) in [4.78, 5) is 0. The standard InChI is InChI=1S/C2N2.Co.H2S/c3-1-2-4;;/h;;1H2. The molecule has 0 amide bonds. The van der Waals surface area contributed by atoms with Crippen molar-refractivity contribution in [2.24, 2.45) is 0 Å². The van der Waals surface area contributed by atoms with Crippen LogP contribution in [0.5, 0.6) is 0 Å². The van der Waals surface area contributed by atoms with E-state index in [2.05, 4.69) is 0 Å². The topological polar surface area (TPSA) is 47.6 Å². The molecular weight excluding hydrogens is 143 g/mol. The Hall–Kier alpha value is -0.164. The Morgan fingerprint density at radius 3 is 1.17 bits per heavy atom. The largest absolute Gasteiger partial charge is 0.197 e. The van der Waals surface area contributed by atoms with E-state index in [0.717, 1.165) is 0 Å². The molecule has 0 rings (SSSR count). The molecule has 0 aliphatic rings. The van der Waals surface area contributed by atoms with Crippen LogP contribution in [0.2, 0.25) is 0 Å². The van der Waals surface area contributed by atoms with Crippen LogP contribution in [0.4, 0.5) is 0 Å². The second kappa shape index (κ2) is 21.1. The Kier molecular flexibility index (Phi) is 59.7. The molecule has 35 valence electrons. The van der Waals surface area contributed by atoms with Gasteiger partial charge in [-0.1, -0.05) is 0 Å². The van der Waals surface area contributed by atoms with Crippen molar-refractivity contribution in [1.29, 1.82) is 10.5 Å². The minimum absolute atomic E-state index is 0. The zero-order valence-electron chi connectivity index (χ0n) is 2.73. The first kappa shape index (κ1) is 17.0. The van der Waals surface area contributed by atoms with E-state index >= 15 is 0 Å². The molecule has 4 heteroatoms. The molecule has 0 heterocycles. The van der Waals surface area contributed by atoms with Crippen LogP contribution in [-0.4, -0.2) is 0 Å². The first-order valence-electron chi connectivity index (χ1n) is 0.697. The third kappa shape index (κ3) is 44.1.